The molecule has 0 aliphatic heterocycles. The van der Waals surface area contributed by atoms with E-state index < -0.39 is 11.6 Å². The van der Waals surface area contributed by atoms with Crippen LogP contribution < -0.4 is 0 Å². The van der Waals surface area contributed by atoms with Crippen LogP contribution in [0.2, 0.25) is 0 Å². The Bertz CT molecular complexity index is 290. The number of thiophene rings is 1. The minimum absolute atomic E-state index is 0.271. The Kier molecular flexibility index (Phi) is 1.89. The molecule has 0 aromatic carbocycles. The zero-order valence-corrected chi connectivity index (χ0v) is 5.41. The maximum absolute atomic E-state index is 12.3. The molecule has 0 spiro atoms. The van der Waals surface area contributed by atoms with E-state index in [1.165, 1.54) is 0 Å². The van der Waals surface area contributed by atoms with Gasteiger partial charge in [0.25, 0.3) is 0 Å². The summed E-state index contributed by atoms with van der Waals surface area (Å²) in [5.74, 6) is -2.08. The number of isocyanates is 1. The van der Waals surface area contributed by atoms with Crippen molar-refractivity contribution in [1.82, 2.24) is 0 Å². The van der Waals surface area contributed by atoms with Crippen molar-refractivity contribution in [2.75, 3.05) is 0 Å². The van der Waals surface area contributed by atoms with Crippen molar-refractivity contribution in [2.24, 2.45) is 4.99 Å². The molecule has 0 bridgehead atoms. The molecule has 0 aliphatic rings. The number of carbonyl (C=O) groups excluding carboxylic acids is 1. The summed E-state index contributed by atoms with van der Waals surface area (Å²) >= 11 is 0.722. The Balaban J connectivity index is 3.17. The van der Waals surface area contributed by atoms with Gasteiger partial charge in [0.15, 0.2) is 16.6 Å². The van der Waals surface area contributed by atoms with Gasteiger partial charge in [-0.1, -0.05) is 0 Å². The summed E-state index contributed by atoms with van der Waals surface area (Å²) in [5.41, 5.74) is 0. The number of hydrogen-bond acceptors (Lipinski definition) is 3. The van der Waals surface area contributed by atoms with Crippen LogP contribution in [0.4, 0.5) is 13.8 Å². The van der Waals surface area contributed by atoms with Gasteiger partial charge in [-0.15, -0.1) is 11.3 Å². The predicted molar refractivity (Wildman–Crippen MR) is 32.0 cm³/mol. The van der Waals surface area contributed by atoms with Crippen molar-refractivity contribution in [3.05, 3.63) is 17.0 Å². The highest BCUT2D eigenvalue weighted by atomic mass is 32.1. The lowest BCUT2D eigenvalue weighted by Crippen LogP contribution is -1.70. The normalized spacial score (nSPS) is 9.00. The zero-order chi connectivity index (χ0) is 7.56. The number of nitrogens with zero attached hydrogens (tertiary/aromatic N) is 1. The second-order valence-electron chi connectivity index (χ2n) is 1.41. The molecule has 0 atom stereocenters. The van der Waals surface area contributed by atoms with Crippen molar-refractivity contribution in [1.29, 1.82) is 0 Å². The number of hydrogen-bond donors (Lipinski definition) is 0. The monoisotopic (exact) mass is 161 g/mol. The molecule has 0 amide bonds. The lowest BCUT2D eigenvalue weighted by Gasteiger charge is -1.78. The fourth-order valence-electron chi connectivity index (χ4n) is 0.430. The second-order valence-corrected chi connectivity index (χ2v) is 2.26. The summed E-state index contributed by atoms with van der Waals surface area (Å²) in [7, 11) is 0. The largest absolute Gasteiger partial charge is 0.241 e. The van der Waals surface area contributed by atoms with E-state index in [2.05, 4.69) is 4.99 Å². The number of aliphatic imine (C=N–C) groups is 1. The first-order valence-electron chi connectivity index (χ1n) is 2.26. The Labute approximate surface area is 58.8 Å². The van der Waals surface area contributed by atoms with Crippen molar-refractivity contribution >= 4 is 22.4 Å². The van der Waals surface area contributed by atoms with Crippen LogP contribution in [0.15, 0.2) is 10.4 Å². The first-order chi connectivity index (χ1) is 4.75. The lowest BCUT2D eigenvalue weighted by atomic mass is 10.6. The molecule has 0 fully saturated rings. The third-order valence-corrected chi connectivity index (χ3v) is 1.64. The fourth-order valence-corrected chi connectivity index (χ4v) is 1.04. The van der Waals surface area contributed by atoms with Crippen molar-refractivity contribution in [3.63, 3.8) is 0 Å². The Hall–Kier alpha value is -1.06. The molecule has 1 rings (SSSR count). The second kappa shape index (κ2) is 2.68. The van der Waals surface area contributed by atoms with Gasteiger partial charge < -0.3 is 0 Å². The highest BCUT2D eigenvalue weighted by molar-refractivity contribution is 7.13. The first-order valence-corrected chi connectivity index (χ1v) is 3.14. The minimum Gasteiger partial charge on any atom is -0.211 e. The molecule has 0 aliphatic carbocycles. The van der Waals surface area contributed by atoms with Crippen LogP contribution >= 0.6 is 11.3 Å². The molecule has 10 heavy (non-hydrogen) atoms. The molecule has 0 N–H and O–H groups in total. The molecule has 1 aromatic heterocycles. The van der Waals surface area contributed by atoms with Crippen molar-refractivity contribution in [3.8, 4) is 0 Å². The maximum Gasteiger partial charge on any atom is 0.241 e. The highest BCUT2D eigenvalue weighted by Crippen LogP contribution is 2.26. The SMILES string of the molecule is O=C=Nc1scc(F)c1F. The van der Waals surface area contributed by atoms with E-state index in [1.807, 2.05) is 0 Å². The summed E-state index contributed by atoms with van der Waals surface area (Å²) in [4.78, 5) is 12.5. The molecule has 0 saturated heterocycles. The molecule has 0 saturated carbocycles. The summed E-state index contributed by atoms with van der Waals surface area (Å²) in [5, 5.41) is 0.665. The van der Waals surface area contributed by atoms with Crippen molar-refractivity contribution < 1.29 is 13.6 Å². The van der Waals surface area contributed by atoms with Crippen LogP contribution in [0.3, 0.4) is 0 Å². The van der Waals surface area contributed by atoms with E-state index in [0.29, 0.717) is 0 Å². The van der Waals surface area contributed by atoms with E-state index >= 15 is 0 Å². The average molecular weight is 161 g/mol. The molecule has 52 valence electrons. The van der Waals surface area contributed by atoms with E-state index in [1.54, 1.807) is 0 Å². The van der Waals surface area contributed by atoms with E-state index in [4.69, 9.17) is 0 Å². The average Bonchev–Trinajstić information content (AvgIpc) is 2.20. The summed E-state index contributed by atoms with van der Waals surface area (Å²) in [6.45, 7) is 0. The molecular formula is C5HF2NOS. The number of halogens is 2. The van der Waals surface area contributed by atoms with Crippen molar-refractivity contribution in [2.45, 2.75) is 0 Å². The Morgan fingerprint density at radius 2 is 2.30 bits per heavy atom. The summed E-state index contributed by atoms with van der Waals surface area (Å²) < 4.78 is 24.4. The zero-order valence-electron chi connectivity index (χ0n) is 4.60. The van der Waals surface area contributed by atoms with Gasteiger partial charge in [0.2, 0.25) is 6.08 Å². The van der Waals surface area contributed by atoms with Gasteiger partial charge in [0.05, 0.1) is 0 Å². The first kappa shape index (κ1) is 7.05. The van der Waals surface area contributed by atoms with Crippen LogP contribution in [0.5, 0.6) is 0 Å². The third-order valence-electron chi connectivity index (χ3n) is 0.819. The summed E-state index contributed by atoms with van der Waals surface area (Å²) in [6, 6.07) is 0. The molecule has 0 unspecified atom stereocenters. The molecule has 1 heterocycles. The van der Waals surface area contributed by atoms with Crippen LogP contribution in [0, 0.1) is 11.6 Å². The molecule has 2 nitrogen and oxygen atoms in total. The Morgan fingerprint density at radius 3 is 2.70 bits per heavy atom. The van der Waals surface area contributed by atoms with Gasteiger partial charge in [0, 0.05) is 5.38 Å². The minimum atomic E-state index is -1.09. The lowest BCUT2D eigenvalue weighted by molar-refractivity contribution is 0.517. The quantitative estimate of drug-likeness (QED) is 0.457. The van der Waals surface area contributed by atoms with Gasteiger partial charge >= 0.3 is 0 Å². The third kappa shape index (κ3) is 1.10. The predicted octanol–water partition coefficient (Wildman–Crippen LogP) is 1.99. The fraction of sp³-hybridized carbons (Fsp3) is 0. The van der Waals surface area contributed by atoms with Gasteiger partial charge in [-0.25, -0.2) is 13.6 Å². The molecule has 0 radical (unpaired) electrons. The molecular weight excluding hydrogens is 160 g/mol. The van der Waals surface area contributed by atoms with E-state index in [0.717, 1.165) is 22.8 Å². The van der Waals surface area contributed by atoms with E-state index in [-0.39, 0.29) is 5.00 Å². The maximum atomic E-state index is 12.3. The van der Waals surface area contributed by atoms with Gasteiger partial charge in [-0.3, -0.25) is 0 Å². The topological polar surface area (TPSA) is 29.4 Å². The van der Waals surface area contributed by atoms with E-state index in [9.17, 15) is 13.6 Å². The van der Waals surface area contributed by atoms with Gasteiger partial charge in [-0.05, 0) is 0 Å². The van der Waals surface area contributed by atoms with Crippen LogP contribution in [-0.4, -0.2) is 6.08 Å². The van der Waals surface area contributed by atoms with Crippen LogP contribution in [-0.2, 0) is 4.79 Å². The van der Waals surface area contributed by atoms with Crippen LogP contribution in [0.25, 0.3) is 0 Å². The van der Waals surface area contributed by atoms with Gasteiger partial charge in [0.1, 0.15) is 0 Å². The smallest absolute Gasteiger partial charge is 0.211 e. The Morgan fingerprint density at radius 1 is 1.60 bits per heavy atom. The highest BCUT2D eigenvalue weighted by Gasteiger charge is 2.09. The van der Waals surface area contributed by atoms with Gasteiger partial charge in [-0.2, -0.15) is 4.99 Å². The molecule has 1 aromatic rings. The van der Waals surface area contributed by atoms with Crippen LogP contribution in [0.1, 0.15) is 0 Å². The standard InChI is InChI=1S/C5HF2NOS/c6-3-1-10-5(4(3)7)8-2-9/h1H. The number of rotatable bonds is 1. The summed E-state index contributed by atoms with van der Waals surface area (Å²) in [6.07, 6.45) is 1.12. The molecule has 5 heteroatoms.